The molecule has 2 N–H and O–H groups in total. The van der Waals surface area contributed by atoms with E-state index in [4.69, 9.17) is 0 Å². The molecule has 0 aliphatic heterocycles. The molecule has 11 heavy (non-hydrogen) atoms. The fourth-order valence-electron chi connectivity index (χ4n) is 0.712. The number of H-pyrrole nitrogens is 2. The zero-order valence-corrected chi connectivity index (χ0v) is 5.52. The van der Waals surface area contributed by atoms with Crippen LogP contribution in [0.3, 0.4) is 0 Å². The maximum absolute atomic E-state index is 3.82. The highest BCUT2D eigenvalue weighted by Gasteiger charge is 2.02. The SMILES string of the molecule is [B](c1cn[nH]n1)c1cn[nH]n1. The summed E-state index contributed by atoms with van der Waals surface area (Å²) in [4.78, 5) is 0. The van der Waals surface area contributed by atoms with Gasteiger partial charge in [-0.3, -0.25) is 0 Å². The van der Waals surface area contributed by atoms with Crippen LogP contribution in [0.25, 0.3) is 0 Å². The molecule has 0 aromatic carbocycles. The molecule has 1 radical (unpaired) electrons. The normalized spacial score (nSPS) is 9.82. The van der Waals surface area contributed by atoms with Gasteiger partial charge in [0, 0.05) is 11.2 Å². The van der Waals surface area contributed by atoms with Crippen molar-refractivity contribution in [3.05, 3.63) is 12.4 Å². The first-order chi connectivity index (χ1) is 5.45. The molecule has 0 saturated heterocycles. The highest BCUT2D eigenvalue weighted by molar-refractivity contribution is 6.65. The third-order valence-electron chi connectivity index (χ3n) is 1.16. The van der Waals surface area contributed by atoms with Gasteiger partial charge in [-0.15, -0.1) is 0 Å². The van der Waals surface area contributed by atoms with Crippen LogP contribution < -0.4 is 11.2 Å². The Hall–Kier alpha value is -1.66. The molecule has 2 aromatic heterocycles. The molecule has 2 aromatic rings. The summed E-state index contributed by atoms with van der Waals surface area (Å²) in [5.41, 5.74) is 1.47. The van der Waals surface area contributed by atoms with Gasteiger partial charge in [-0.1, -0.05) is 0 Å². The van der Waals surface area contributed by atoms with Gasteiger partial charge in [0.05, 0.1) is 12.4 Å². The Labute approximate surface area is 62.6 Å². The number of aromatic nitrogens is 6. The molecule has 0 spiro atoms. The van der Waals surface area contributed by atoms with Crippen LogP contribution >= 0.6 is 0 Å². The quantitative estimate of drug-likeness (QED) is 0.463. The lowest BCUT2D eigenvalue weighted by atomic mass is 9.72. The summed E-state index contributed by atoms with van der Waals surface area (Å²) in [6.07, 6.45) is 3.21. The van der Waals surface area contributed by atoms with Crippen LogP contribution in [-0.4, -0.2) is 38.1 Å². The van der Waals surface area contributed by atoms with Crippen LogP contribution in [0.5, 0.6) is 0 Å². The van der Waals surface area contributed by atoms with Crippen molar-refractivity contribution in [2.75, 3.05) is 0 Å². The topological polar surface area (TPSA) is 83.1 Å². The van der Waals surface area contributed by atoms with Gasteiger partial charge in [0.2, 0.25) is 0 Å². The molecule has 0 unspecified atom stereocenters. The number of nitrogens with zero attached hydrogens (tertiary/aromatic N) is 4. The average molecular weight is 147 g/mol. The maximum atomic E-state index is 3.82. The highest BCUT2D eigenvalue weighted by Crippen LogP contribution is 1.65. The predicted octanol–water partition coefficient (Wildman–Crippen LogP) is -2.42. The lowest BCUT2D eigenvalue weighted by molar-refractivity contribution is 0.944. The summed E-state index contributed by atoms with van der Waals surface area (Å²) < 4.78 is 0. The van der Waals surface area contributed by atoms with E-state index in [0.717, 1.165) is 11.2 Å². The van der Waals surface area contributed by atoms with Gasteiger partial charge in [-0.25, -0.2) is 0 Å². The monoisotopic (exact) mass is 147 g/mol. The number of hydrogen-bond donors (Lipinski definition) is 2. The second kappa shape index (κ2) is 2.53. The van der Waals surface area contributed by atoms with E-state index < -0.39 is 0 Å². The molecule has 0 bridgehead atoms. The third kappa shape index (κ3) is 1.26. The Morgan fingerprint density at radius 3 is 1.91 bits per heavy atom. The molecule has 2 heterocycles. The number of aromatic amines is 2. The Morgan fingerprint density at radius 2 is 1.55 bits per heavy atom. The molecule has 0 aliphatic carbocycles. The van der Waals surface area contributed by atoms with E-state index >= 15 is 0 Å². The van der Waals surface area contributed by atoms with Gasteiger partial charge in [-0.05, 0) is 0 Å². The Bertz CT molecular complexity index is 267. The van der Waals surface area contributed by atoms with E-state index in [9.17, 15) is 0 Å². The van der Waals surface area contributed by atoms with E-state index in [0.29, 0.717) is 0 Å². The summed E-state index contributed by atoms with van der Waals surface area (Å²) >= 11 is 0. The van der Waals surface area contributed by atoms with Crippen molar-refractivity contribution in [3.8, 4) is 0 Å². The number of rotatable bonds is 2. The molecular weight excluding hydrogens is 143 g/mol. The average Bonchev–Trinajstić information content (AvgIpc) is 2.60. The van der Waals surface area contributed by atoms with Crippen molar-refractivity contribution in [3.63, 3.8) is 0 Å². The minimum atomic E-state index is 0.735. The fourth-order valence-corrected chi connectivity index (χ4v) is 0.712. The van der Waals surface area contributed by atoms with E-state index in [1.165, 1.54) is 0 Å². The largest absolute Gasteiger partial charge is 0.252 e. The zero-order chi connectivity index (χ0) is 7.52. The van der Waals surface area contributed by atoms with Gasteiger partial charge in [-0.2, -0.15) is 30.8 Å². The molecule has 6 nitrogen and oxygen atoms in total. The van der Waals surface area contributed by atoms with Crippen LogP contribution in [0.2, 0.25) is 0 Å². The minimum absolute atomic E-state index is 0.735. The van der Waals surface area contributed by atoms with Crippen LogP contribution in [-0.2, 0) is 0 Å². The van der Waals surface area contributed by atoms with Crippen molar-refractivity contribution in [1.82, 2.24) is 30.8 Å². The highest BCUT2D eigenvalue weighted by atomic mass is 15.3. The molecular formula is C4H4BN6. The molecule has 0 fully saturated rings. The van der Waals surface area contributed by atoms with Crippen LogP contribution in [0, 0.1) is 0 Å². The summed E-state index contributed by atoms with van der Waals surface area (Å²) in [7, 11) is 1.76. The molecule has 7 heteroatoms. The molecule has 0 atom stereocenters. The molecule has 0 amide bonds. The first-order valence-electron chi connectivity index (χ1n) is 3.01. The van der Waals surface area contributed by atoms with E-state index in [1.54, 1.807) is 19.7 Å². The number of hydrogen-bond acceptors (Lipinski definition) is 4. The zero-order valence-electron chi connectivity index (χ0n) is 5.52. The van der Waals surface area contributed by atoms with E-state index in [1.807, 2.05) is 0 Å². The van der Waals surface area contributed by atoms with Gasteiger partial charge in [0.25, 0.3) is 7.28 Å². The molecule has 0 saturated carbocycles. The third-order valence-corrected chi connectivity index (χ3v) is 1.16. The van der Waals surface area contributed by atoms with Crippen molar-refractivity contribution >= 4 is 18.5 Å². The first kappa shape index (κ1) is 6.08. The smallest absolute Gasteiger partial charge is 0.199 e. The lowest BCUT2D eigenvalue weighted by Crippen LogP contribution is -2.28. The lowest BCUT2D eigenvalue weighted by Gasteiger charge is -1.82. The second-order valence-electron chi connectivity index (χ2n) is 1.93. The van der Waals surface area contributed by atoms with Crippen LogP contribution in [0.4, 0.5) is 0 Å². The Balaban J connectivity index is 2.14. The van der Waals surface area contributed by atoms with Gasteiger partial charge >= 0.3 is 0 Å². The predicted molar refractivity (Wildman–Crippen MR) is 37.8 cm³/mol. The summed E-state index contributed by atoms with van der Waals surface area (Å²) in [6, 6.07) is 0. The Morgan fingerprint density at radius 1 is 1.00 bits per heavy atom. The molecule has 2 rings (SSSR count). The van der Waals surface area contributed by atoms with E-state index in [2.05, 4.69) is 30.8 Å². The van der Waals surface area contributed by atoms with Crippen molar-refractivity contribution in [1.29, 1.82) is 0 Å². The minimum Gasteiger partial charge on any atom is -0.199 e. The van der Waals surface area contributed by atoms with Crippen LogP contribution in [0.15, 0.2) is 12.4 Å². The first-order valence-corrected chi connectivity index (χ1v) is 3.01. The van der Waals surface area contributed by atoms with Crippen molar-refractivity contribution in [2.24, 2.45) is 0 Å². The second-order valence-corrected chi connectivity index (χ2v) is 1.93. The van der Waals surface area contributed by atoms with Gasteiger partial charge < -0.3 is 0 Å². The maximum Gasteiger partial charge on any atom is 0.252 e. The summed E-state index contributed by atoms with van der Waals surface area (Å²) in [5.74, 6) is 0. The number of nitrogens with one attached hydrogen (secondary N) is 2. The summed E-state index contributed by atoms with van der Waals surface area (Å²) in [6.45, 7) is 0. The summed E-state index contributed by atoms with van der Waals surface area (Å²) in [5, 5.41) is 19.9. The van der Waals surface area contributed by atoms with Crippen molar-refractivity contribution < 1.29 is 0 Å². The Kier molecular flexibility index (Phi) is 1.40. The van der Waals surface area contributed by atoms with Gasteiger partial charge in [0.15, 0.2) is 0 Å². The van der Waals surface area contributed by atoms with Crippen LogP contribution in [0.1, 0.15) is 0 Å². The fraction of sp³-hybridized carbons (Fsp3) is 0. The molecule has 53 valence electrons. The van der Waals surface area contributed by atoms with Crippen molar-refractivity contribution in [2.45, 2.75) is 0 Å². The standard InChI is InChI=1S/C4H4BN6/c1-3(8-10-6-1)5-4-2-7-11-9-4/h1-2H,(H,6,8,10)(H,7,9,11). The van der Waals surface area contributed by atoms with Gasteiger partial charge in [0.1, 0.15) is 0 Å². The molecule has 0 aliphatic rings. The van der Waals surface area contributed by atoms with E-state index in [-0.39, 0.29) is 0 Å².